The summed E-state index contributed by atoms with van der Waals surface area (Å²) in [5, 5.41) is 0. The van der Waals surface area contributed by atoms with Crippen LogP contribution in [0.2, 0.25) is 0 Å². The van der Waals surface area contributed by atoms with E-state index in [-0.39, 0.29) is 0 Å². The van der Waals surface area contributed by atoms with Gasteiger partial charge in [-0.15, -0.1) is 0 Å². The average molecular weight is 319 g/mol. The third kappa shape index (κ3) is 5.36. The van der Waals surface area contributed by atoms with E-state index in [1.807, 2.05) is 0 Å². The summed E-state index contributed by atoms with van der Waals surface area (Å²) < 4.78 is 0. The zero-order valence-corrected chi connectivity index (χ0v) is 16.9. The van der Waals surface area contributed by atoms with E-state index in [4.69, 9.17) is 0 Å². The Bertz CT molecular complexity index is 387. The van der Waals surface area contributed by atoms with Crippen LogP contribution in [-0.4, -0.2) is 0 Å². The summed E-state index contributed by atoms with van der Waals surface area (Å²) in [5.74, 6) is 3.23. The Kier molecular flexibility index (Phi) is 6.42. The van der Waals surface area contributed by atoms with E-state index in [0.717, 1.165) is 17.8 Å². The van der Waals surface area contributed by atoms with Gasteiger partial charge in [-0.05, 0) is 73.5 Å². The van der Waals surface area contributed by atoms with Crippen molar-refractivity contribution in [3.05, 3.63) is 11.6 Å². The lowest BCUT2D eigenvalue weighted by Crippen LogP contribution is -2.28. The highest BCUT2D eigenvalue weighted by atomic mass is 14.5. The molecule has 0 bridgehead atoms. The molecule has 134 valence electrons. The fraction of sp³-hybridized carbons (Fsp3) is 0.913. The van der Waals surface area contributed by atoms with E-state index in [0.29, 0.717) is 10.8 Å². The quantitative estimate of drug-likeness (QED) is 0.400. The van der Waals surface area contributed by atoms with Crippen molar-refractivity contribution in [3.63, 3.8) is 0 Å². The van der Waals surface area contributed by atoms with Crippen molar-refractivity contribution in [2.24, 2.45) is 28.6 Å². The monoisotopic (exact) mass is 318 g/mol. The molecule has 0 aromatic heterocycles. The van der Waals surface area contributed by atoms with Gasteiger partial charge in [0.1, 0.15) is 0 Å². The van der Waals surface area contributed by atoms with E-state index >= 15 is 0 Å². The molecular formula is C23H42. The van der Waals surface area contributed by atoms with Crippen molar-refractivity contribution in [2.75, 3.05) is 0 Å². The van der Waals surface area contributed by atoms with Crippen molar-refractivity contribution in [3.8, 4) is 0 Å². The van der Waals surface area contributed by atoms with Gasteiger partial charge in [0.2, 0.25) is 0 Å². The first-order valence-corrected chi connectivity index (χ1v) is 10.4. The molecule has 0 heterocycles. The zero-order chi connectivity index (χ0) is 17.1. The second-order valence-corrected chi connectivity index (χ2v) is 10.5. The first-order chi connectivity index (χ1) is 10.7. The van der Waals surface area contributed by atoms with Crippen molar-refractivity contribution in [1.29, 1.82) is 0 Å². The molecule has 3 atom stereocenters. The molecule has 0 heteroatoms. The first kappa shape index (κ1) is 19.1. The molecule has 23 heavy (non-hydrogen) atoms. The molecule has 2 fully saturated rings. The van der Waals surface area contributed by atoms with Crippen LogP contribution >= 0.6 is 0 Å². The van der Waals surface area contributed by atoms with Gasteiger partial charge in [-0.1, -0.05) is 72.5 Å². The molecule has 0 N–H and O–H groups in total. The van der Waals surface area contributed by atoms with Crippen LogP contribution < -0.4 is 0 Å². The molecule has 3 aliphatic carbocycles. The summed E-state index contributed by atoms with van der Waals surface area (Å²) in [6.45, 7) is 14.2. The minimum Gasteiger partial charge on any atom is -0.0848 e. The van der Waals surface area contributed by atoms with E-state index in [1.54, 1.807) is 5.57 Å². The van der Waals surface area contributed by atoms with Crippen LogP contribution in [0.4, 0.5) is 0 Å². The second kappa shape index (κ2) is 7.75. The summed E-state index contributed by atoms with van der Waals surface area (Å²) in [6.07, 6.45) is 17.0. The van der Waals surface area contributed by atoms with Gasteiger partial charge in [-0.25, -0.2) is 0 Å². The Labute approximate surface area is 146 Å². The van der Waals surface area contributed by atoms with Crippen molar-refractivity contribution < 1.29 is 0 Å². The molecular weight excluding hydrogens is 276 g/mol. The van der Waals surface area contributed by atoms with Gasteiger partial charge in [0.15, 0.2) is 0 Å². The van der Waals surface area contributed by atoms with Crippen LogP contribution in [0.15, 0.2) is 11.6 Å². The molecule has 0 aliphatic heterocycles. The molecule has 0 saturated heterocycles. The average Bonchev–Trinajstić information content (AvgIpc) is 2.92. The van der Waals surface area contributed by atoms with E-state index in [9.17, 15) is 0 Å². The Morgan fingerprint density at radius 1 is 0.783 bits per heavy atom. The lowest BCUT2D eigenvalue weighted by molar-refractivity contribution is 0.133. The summed E-state index contributed by atoms with van der Waals surface area (Å²) in [4.78, 5) is 0. The van der Waals surface area contributed by atoms with Gasteiger partial charge >= 0.3 is 0 Å². The Morgan fingerprint density at radius 2 is 1.48 bits per heavy atom. The number of hydrogen-bond donors (Lipinski definition) is 0. The van der Waals surface area contributed by atoms with Crippen LogP contribution in [0, 0.1) is 28.6 Å². The highest BCUT2D eigenvalue weighted by molar-refractivity contribution is 5.12. The summed E-state index contributed by atoms with van der Waals surface area (Å²) in [7, 11) is 0. The standard InChI is InChI=1S/C13H24.C10H18/c1-13(2,3)12-9-8-10-6-4-5-7-11(10)12;1-10(2,3)9-7-5-4-6-8-9/h10-12H,4-9H2,1-3H3;7H,4-6,8H2,1-3H3. The molecule has 2 saturated carbocycles. The molecule has 0 radical (unpaired) electrons. The summed E-state index contributed by atoms with van der Waals surface area (Å²) in [5.41, 5.74) is 2.66. The topological polar surface area (TPSA) is 0 Å². The normalized spacial score (nSPS) is 31.7. The molecule has 3 unspecified atom stereocenters. The van der Waals surface area contributed by atoms with Crippen LogP contribution in [0.3, 0.4) is 0 Å². The van der Waals surface area contributed by atoms with E-state index < -0.39 is 0 Å². The molecule has 3 aliphatic rings. The maximum atomic E-state index is 2.44. The van der Waals surface area contributed by atoms with Crippen molar-refractivity contribution >= 4 is 0 Å². The maximum Gasteiger partial charge on any atom is -0.0173 e. The van der Waals surface area contributed by atoms with E-state index in [2.05, 4.69) is 47.6 Å². The largest absolute Gasteiger partial charge is 0.0848 e. The maximum absolute atomic E-state index is 2.44. The smallest absolute Gasteiger partial charge is 0.0173 e. The third-order valence-corrected chi connectivity index (χ3v) is 6.70. The van der Waals surface area contributed by atoms with Gasteiger partial charge in [-0.2, -0.15) is 0 Å². The van der Waals surface area contributed by atoms with Gasteiger partial charge in [0, 0.05) is 0 Å². The highest BCUT2D eigenvalue weighted by Gasteiger charge is 2.42. The van der Waals surface area contributed by atoms with Crippen LogP contribution in [0.25, 0.3) is 0 Å². The SMILES string of the molecule is CC(C)(C)C1=CCCCC1.CC(C)(C)C1CCC2CCCCC21. The molecule has 0 aromatic rings. The van der Waals surface area contributed by atoms with Gasteiger partial charge in [0.05, 0.1) is 0 Å². The number of allylic oxidation sites excluding steroid dienone is 2. The highest BCUT2D eigenvalue weighted by Crippen LogP contribution is 2.52. The number of hydrogen-bond acceptors (Lipinski definition) is 0. The molecule has 0 aromatic carbocycles. The Morgan fingerprint density at radius 3 is 2.00 bits per heavy atom. The summed E-state index contributed by atoms with van der Waals surface area (Å²) >= 11 is 0. The fourth-order valence-electron chi connectivity index (χ4n) is 5.33. The molecule has 0 amide bonds. The Hall–Kier alpha value is -0.260. The van der Waals surface area contributed by atoms with Crippen molar-refractivity contribution in [1.82, 2.24) is 0 Å². The first-order valence-electron chi connectivity index (χ1n) is 10.4. The number of rotatable bonds is 0. The summed E-state index contributed by atoms with van der Waals surface area (Å²) in [6, 6.07) is 0. The van der Waals surface area contributed by atoms with Crippen LogP contribution in [0.5, 0.6) is 0 Å². The molecule has 0 spiro atoms. The third-order valence-electron chi connectivity index (χ3n) is 6.70. The minimum absolute atomic E-state index is 0.431. The fourth-order valence-corrected chi connectivity index (χ4v) is 5.33. The van der Waals surface area contributed by atoms with Crippen LogP contribution in [0.1, 0.15) is 106 Å². The molecule has 3 rings (SSSR count). The lowest BCUT2D eigenvalue weighted by atomic mass is 9.69. The van der Waals surface area contributed by atoms with Gasteiger partial charge < -0.3 is 0 Å². The Balaban J connectivity index is 0.000000174. The van der Waals surface area contributed by atoms with Gasteiger partial charge in [0.25, 0.3) is 0 Å². The predicted molar refractivity (Wildman–Crippen MR) is 104 cm³/mol. The van der Waals surface area contributed by atoms with Gasteiger partial charge in [-0.3, -0.25) is 0 Å². The predicted octanol–water partition coefficient (Wildman–Crippen LogP) is 7.78. The molecule has 0 nitrogen and oxygen atoms in total. The minimum atomic E-state index is 0.431. The van der Waals surface area contributed by atoms with Crippen LogP contribution in [-0.2, 0) is 0 Å². The van der Waals surface area contributed by atoms with E-state index in [1.165, 1.54) is 64.2 Å². The zero-order valence-electron chi connectivity index (χ0n) is 16.9. The second-order valence-electron chi connectivity index (χ2n) is 10.5. The number of fused-ring (bicyclic) bond motifs is 1. The van der Waals surface area contributed by atoms with Crippen molar-refractivity contribution in [2.45, 2.75) is 106 Å². The lowest BCUT2D eigenvalue weighted by Gasteiger charge is -2.36.